The van der Waals surface area contributed by atoms with Crippen LogP contribution in [0.3, 0.4) is 0 Å². The standard InChI is InChI=1S/C19H18O5/c1-10-18-14(20)7-13(8-15(21)19(18)11(2)24-10)12-5-6-16(22-3)17(9-12)23-4/h5-9,20H,1-4H3. The maximum atomic E-state index is 12.6. The summed E-state index contributed by atoms with van der Waals surface area (Å²) in [5.74, 6) is 2.17. The molecule has 0 aliphatic rings. The van der Waals surface area contributed by atoms with Gasteiger partial charge in [0, 0.05) is 0 Å². The first-order valence-electron chi connectivity index (χ1n) is 7.45. The van der Waals surface area contributed by atoms with Gasteiger partial charge in [-0.3, -0.25) is 4.79 Å². The highest BCUT2D eigenvalue weighted by molar-refractivity contribution is 5.92. The average Bonchev–Trinajstić information content (AvgIpc) is 2.79. The van der Waals surface area contributed by atoms with Gasteiger partial charge >= 0.3 is 0 Å². The molecule has 0 radical (unpaired) electrons. The molecule has 0 bridgehead atoms. The van der Waals surface area contributed by atoms with Gasteiger partial charge in [-0.05, 0) is 49.2 Å². The Labute approximate surface area is 139 Å². The molecule has 24 heavy (non-hydrogen) atoms. The number of furan rings is 1. The Kier molecular flexibility index (Phi) is 3.93. The molecule has 1 N–H and O–H groups in total. The van der Waals surface area contributed by atoms with Crippen molar-refractivity contribution in [2.45, 2.75) is 13.8 Å². The summed E-state index contributed by atoms with van der Waals surface area (Å²) in [6, 6.07) is 8.39. The lowest BCUT2D eigenvalue weighted by atomic mass is 10.1. The molecule has 0 fully saturated rings. The molecule has 0 unspecified atom stereocenters. The van der Waals surface area contributed by atoms with Gasteiger partial charge in [-0.2, -0.15) is 0 Å². The lowest BCUT2D eigenvalue weighted by Crippen LogP contribution is -1.96. The first kappa shape index (κ1) is 15.9. The molecule has 124 valence electrons. The maximum absolute atomic E-state index is 12.6. The highest BCUT2D eigenvalue weighted by Crippen LogP contribution is 2.35. The molecule has 0 saturated carbocycles. The largest absolute Gasteiger partial charge is 0.507 e. The predicted molar refractivity (Wildman–Crippen MR) is 92.2 cm³/mol. The fourth-order valence-electron chi connectivity index (χ4n) is 2.95. The van der Waals surface area contributed by atoms with Crippen molar-refractivity contribution in [1.82, 2.24) is 0 Å². The van der Waals surface area contributed by atoms with Crippen molar-refractivity contribution in [3.05, 3.63) is 52.1 Å². The number of methoxy groups -OCH3 is 2. The first-order chi connectivity index (χ1) is 11.5. The average molecular weight is 326 g/mol. The lowest BCUT2D eigenvalue weighted by molar-refractivity contribution is 0.355. The van der Waals surface area contributed by atoms with Crippen LogP contribution < -0.4 is 14.9 Å². The third-order valence-electron chi connectivity index (χ3n) is 4.06. The minimum atomic E-state index is -0.204. The molecule has 0 spiro atoms. The highest BCUT2D eigenvalue weighted by Gasteiger charge is 2.15. The van der Waals surface area contributed by atoms with Crippen molar-refractivity contribution in [2.24, 2.45) is 0 Å². The van der Waals surface area contributed by atoms with E-state index in [-0.39, 0.29) is 11.2 Å². The minimum absolute atomic E-state index is 0.00577. The minimum Gasteiger partial charge on any atom is -0.507 e. The number of rotatable bonds is 3. The number of hydrogen-bond donors (Lipinski definition) is 1. The first-order valence-corrected chi connectivity index (χ1v) is 7.45. The summed E-state index contributed by atoms with van der Waals surface area (Å²) in [4.78, 5) is 12.6. The van der Waals surface area contributed by atoms with Gasteiger partial charge < -0.3 is 19.0 Å². The van der Waals surface area contributed by atoms with Crippen LogP contribution in [0.25, 0.3) is 21.9 Å². The molecular formula is C19H18O5. The molecule has 3 aromatic rings. The van der Waals surface area contributed by atoms with Gasteiger partial charge in [0.1, 0.15) is 17.3 Å². The van der Waals surface area contributed by atoms with Crippen LogP contribution in [0, 0.1) is 13.8 Å². The number of ether oxygens (including phenoxy) is 2. The van der Waals surface area contributed by atoms with Gasteiger partial charge in [-0.1, -0.05) is 6.07 Å². The zero-order chi connectivity index (χ0) is 17.4. The van der Waals surface area contributed by atoms with Gasteiger partial charge in [0.2, 0.25) is 0 Å². The van der Waals surface area contributed by atoms with Crippen LogP contribution in [0.4, 0.5) is 0 Å². The van der Waals surface area contributed by atoms with Crippen LogP contribution in [-0.4, -0.2) is 19.3 Å². The van der Waals surface area contributed by atoms with E-state index in [1.165, 1.54) is 6.07 Å². The topological polar surface area (TPSA) is 68.9 Å². The fourth-order valence-corrected chi connectivity index (χ4v) is 2.95. The van der Waals surface area contributed by atoms with Crippen LogP contribution in [0.15, 0.2) is 39.5 Å². The number of fused-ring (bicyclic) bond motifs is 1. The van der Waals surface area contributed by atoms with Gasteiger partial charge in [0.25, 0.3) is 0 Å². The lowest BCUT2D eigenvalue weighted by Gasteiger charge is -2.09. The predicted octanol–water partition coefficient (Wildman–Crippen LogP) is 3.80. The monoisotopic (exact) mass is 326 g/mol. The van der Waals surface area contributed by atoms with Crippen LogP contribution in [-0.2, 0) is 0 Å². The molecule has 0 aliphatic heterocycles. The summed E-state index contributed by atoms with van der Waals surface area (Å²) in [6.07, 6.45) is 0. The summed E-state index contributed by atoms with van der Waals surface area (Å²) in [6.45, 7) is 3.44. The Balaban J connectivity index is 2.31. The summed E-state index contributed by atoms with van der Waals surface area (Å²) in [5, 5.41) is 11.3. The summed E-state index contributed by atoms with van der Waals surface area (Å²) in [5.41, 5.74) is 1.13. The second kappa shape index (κ2) is 5.92. The van der Waals surface area contributed by atoms with E-state index in [1.807, 2.05) is 6.07 Å². The van der Waals surface area contributed by atoms with Crippen LogP contribution in [0.5, 0.6) is 17.2 Å². The molecule has 0 atom stereocenters. The number of aromatic hydroxyl groups is 1. The zero-order valence-electron chi connectivity index (χ0n) is 14.0. The van der Waals surface area contributed by atoms with Crippen molar-refractivity contribution in [2.75, 3.05) is 14.2 Å². The van der Waals surface area contributed by atoms with E-state index in [2.05, 4.69) is 0 Å². The SMILES string of the molecule is COc1ccc(-c2cc(O)c3c(C)oc(C)c3c(=O)c2)cc1OC. The zero-order valence-corrected chi connectivity index (χ0v) is 14.0. The van der Waals surface area contributed by atoms with Crippen LogP contribution >= 0.6 is 0 Å². The Morgan fingerprint density at radius 1 is 0.875 bits per heavy atom. The quantitative estimate of drug-likeness (QED) is 0.793. The van der Waals surface area contributed by atoms with Gasteiger partial charge in [-0.15, -0.1) is 0 Å². The number of benzene rings is 1. The van der Waals surface area contributed by atoms with E-state index in [4.69, 9.17) is 13.9 Å². The normalized spacial score (nSPS) is 10.8. The second-order valence-electron chi connectivity index (χ2n) is 5.53. The van der Waals surface area contributed by atoms with E-state index in [1.54, 1.807) is 46.3 Å². The molecule has 5 heteroatoms. The van der Waals surface area contributed by atoms with Crippen LogP contribution in [0.1, 0.15) is 11.5 Å². The third kappa shape index (κ3) is 2.48. The summed E-state index contributed by atoms with van der Waals surface area (Å²) >= 11 is 0. The molecular weight excluding hydrogens is 308 g/mol. The van der Waals surface area contributed by atoms with E-state index in [9.17, 15) is 9.90 Å². The van der Waals surface area contributed by atoms with Gasteiger partial charge in [-0.25, -0.2) is 0 Å². The Hall–Kier alpha value is -2.95. The molecule has 0 aliphatic carbocycles. The van der Waals surface area contributed by atoms with Crippen molar-refractivity contribution in [1.29, 1.82) is 0 Å². The Morgan fingerprint density at radius 3 is 2.21 bits per heavy atom. The van der Waals surface area contributed by atoms with Crippen molar-refractivity contribution < 1.29 is 19.0 Å². The second-order valence-corrected chi connectivity index (χ2v) is 5.53. The Bertz CT molecular complexity index is 985. The van der Waals surface area contributed by atoms with E-state index in [0.29, 0.717) is 39.4 Å². The van der Waals surface area contributed by atoms with Gasteiger partial charge in [0.15, 0.2) is 16.9 Å². The van der Waals surface area contributed by atoms with Crippen molar-refractivity contribution >= 4 is 10.8 Å². The third-order valence-corrected chi connectivity index (χ3v) is 4.06. The van der Waals surface area contributed by atoms with Crippen LogP contribution in [0.2, 0.25) is 0 Å². The molecule has 1 aromatic heterocycles. The smallest absolute Gasteiger partial charge is 0.190 e. The van der Waals surface area contributed by atoms with E-state index >= 15 is 0 Å². The molecule has 5 nitrogen and oxygen atoms in total. The maximum Gasteiger partial charge on any atom is 0.190 e. The van der Waals surface area contributed by atoms with Crippen molar-refractivity contribution in [3.8, 4) is 28.4 Å². The number of aryl methyl sites for hydroxylation is 2. The molecule has 2 aromatic carbocycles. The highest BCUT2D eigenvalue weighted by atomic mass is 16.5. The molecule has 1 heterocycles. The fraction of sp³-hybridized carbons (Fsp3) is 0.211. The molecule has 0 saturated heterocycles. The molecule has 3 rings (SSSR count). The van der Waals surface area contributed by atoms with E-state index < -0.39 is 0 Å². The number of hydrogen-bond acceptors (Lipinski definition) is 5. The van der Waals surface area contributed by atoms with Crippen molar-refractivity contribution in [3.63, 3.8) is 0 Å². The van der Waals surface area contributed by atoms with E-state index in [0.717, 1.165) is 5.56 Å². The van der Waals surface area contributed by atoms with Gasteiger partial charge in [0.05, 0.1) is 25.0 Å². The molecule has 0 amide bonds. The summed E-state index contributed by atoms with van der Waals surface area (Å²) in [7, 11) is 3.11. The Morgan fingerprint density at radius 2 is 1.54 bits per heavy atom. The summed E-state index contributed by atoms with van der Waals surface area (Å²) < 4.78 is 16.0.